The van der Waals surface area contributed by atoms with E-state index in [-0.39, 0.29) is 0 Å². The lowest BCUT2D eigenvalue weighted by molar-refractivity contribution is 0.778. The van der Waals surface area contributed by atoms with Crippen molar-refractivity contribution in [3.8, 4) is 11.3 Å². The van der Waals surface area contributed by atoms with E-state index in [9.17, 15) is 0 Å². The Morgan fingerprint density at radius 3 is 2.67 bits per heavy atom. The second kappa shape index (κ2) is 5.16. The molecule has 1 aliphatic rings. The van der Waals surface area contributed by atoms with Crippen LogP contribution in [-0.4, -0.2) is 20.6 Å². The van der Waals surface area contributed by atoms with Gasteiger partial charge in [0.15, 0.2) is 0 Å². The zero-order valence-corrected chi connectivity index (χ0v) is 12.7. The van der Waals surface area contributed by atoms with Crippen molar-refractivity contribution >= 4 is 33.0 Å². The third-order valence-corrected chi connectivity index (χ3v) is 4.62. The van der Waals surface area contributed by atoms with Gasteiger partial charge in [0, 0.05) is 16.6 Å². The van der Waals surface area contributed by atoms with Crippen molar-refractivity contribution < 1.29 is 0 Å². The normalized spacial score (nSPS) is 15.1. The van der Waals surface area contributed by atoms with Gasteiger partial charge in [-0.05, 0) is 25.0 Å². The van der Waals surface area contributed by atoms with Crippen molar-refractivity contribution in [1.82, 2.24) is 14.6 Å². The van der Waals surface area contributed by atoms with Crippen LogP contribution in [-0.2, 0) is 0 Å². The molecule has 4 nitrogen and oxygen atoms in total. The quantitative estimate of drug-likeness (QED) is 0.735. The molecule has 4 rings (SSSR count). The predicted molar refractivity (Wildman–Crippen MR) is 87.1 cm³/mol. The Morgan fingerprint density at radius 1 is 1.19 bits per heavy atom. The molecule has 0 fully saturated rings. The molecule has 0 amide bonds. The number of anilines is 1. The van der Waals surface area contributed by atoms with E-state index in [2.05, 4.69) is 27.6 Å². The molecule has 3 aromatic rings. The highest BCUT2D eigenvalue weighted by molar-refractivity contribution is 7.20. The minimum Gasteiger partial charge on any atom is -0.357 e. The summed E-state index contributed by atoms with van der Waals surface area (Å²) in [6.07, 6.45) is 8.49. The largest absolute Gasteiger partial charge is 0.357 e. The molecule has 0 radical (unpaired) electrons. The molecule has 21 heavy (non-hydrogen) atoms. The van der Waals surface area contributed by atoms with Crippen molar-refractivity contribution in [3.63, 3.8) is 0 Å². The van der Waals surface area contributed by atoms with Crippen molar-refractivity contribution in [2.75, 3.05) is 5.32 Å². The number of rotatable bonds is 3. The molecule has 0 saturated carbocycles. The topological polar surface area (TPSA) is 42.2 Å². The summed E-state index contributed by atoms with van der Waals surface area (Å²) in [7, 11) is 0. The average molecular weight is 317 g/mol. The molecule has 0 aliphatic heterocycles. The monoisotopic (exact) mass is 316 g/mol. The fourth-order valence-corrected chi connectivity index (χ4v) is 3.41. The van der Waals surface area contributed by atoms with Crippen LogP contribution in [0.5, 0.6) is 0 Å². The summed E-state index contributed by atoms with van der Waals surface area (Å²) < 4.78 is 1.83. The highest BCUT2D eigenvalue weighted by atomic mass is 35.5. The van der Waals surface area contributed by atoms with Crippen LogP contribution < -0.4 is 5.32 Å². The van der Waals surface area contributed by atoms with Gasteiger partial charge in [-0.25, -0.2) is 9.50 Å². The Labute approximate surface area is 131 Å². The molecule has 0 saturated heterocycles. The van der Waals surface area contributed by atoms with Crippen LogP contribution >= 0.6 is 22.9 Å². The maximum atomic E-state index is 5.91. The molecular weight excluding hydrogens is 304 g/mol. The zero-order chi connectivity index (χ0) is 14.2. The molecule has 1 N–H and O–H groups in total. The number of imidazole rings is 1. The number of nitrogens with zero attached hydrogens (tertiary/aromatic N) is 3. The minimum atomic E-state index is 0.469. The summed E-state index contributed by atoms with van der Waals surface area (Å²) in [5.41, 5.74) is 1.96. The summed E-state index contributed by atoms with van der Waals surface area (Å²) in [4.78, 5) is 5.52. The van der Waals surface area contributed by atoms with E-state index >= 15 is 0 Å². The van der Waals surface area contributed by atoms with Gasteiger partial charge in [-0.15, -0.1) is 5.10 Å². The maximum absolute atomic E-state index is 5.91. The van der Waals surface area contributed by atoms with Crippen LogP contribution in [0.15, 0.2) is 42.6 Å². The first-order valence-corrected chi connectivity index (χ1v) is 8.01. The van der Waals surface area contributed by atoms with Crippen molar-refractivity contribution in [1.29, 1.82) is 0 Å². The fourth-order valence-electron chi connectivity index (χ4n) is 2.43. The van der Waals surface area contributed by atoms with E-state index in [4.69, 9.17) is 11.6 Å². The molecule has 6 heteroatoms. The number of aromatic nitrogens is 3. The summed E-state index contributed by atoms with van der Waals surface area (Å²) >= 11 is 7.49. The highest BCUT2D eigenvalue weighted by Gasteiger charge is 2.14. The molecule has 0 bridgehead atoms. The van der Waals surface area contributed by atoms with E-state index in [0.717, 1.165) is 39.2 Å². The van der Waals surface area contributed by atoms with Gasteiger partial charge in [-0.1, -0.05) is 47.2 Å². The fraction of sp³-hybridized carbons (Fsp3) is 0.200. The molecule has 0 unspecified atom stereocenters. The number of hydrogen-bond acceptors (Lipinski definition) is 4. The molecule has 1 aromatic carbocycles. The van der Waals surface area contributed by atoms with Gasteiger partial charge < -0.3 is 5.32 Å². The van der Waals surface area contributed by atoms with Gasteiger partial charge >= 0.3 is 0 Å². The van der Waals surface area contributed by atoms with E-state index in [0.29, 0.717) is 6.04 Å². The molecular formula is C15H13ClN4S. The maximum Gasteiger partial charge on any atom is 0.214 e. The Kier molecular flexibility index (Phi) is 3.16. The van der Waals surface area contributed by atoms with Gasteiger partial charge in [-0.2, -0.15) is 0 Å². The Bertz CT molecular complexity index is 763. The van der Waals surface area contributed by atoms with E-state index in [1.165, 1.54) is 0 Å². The lowest BCUT2D eigenvalue weighted by atomic mass is 10.2. The summed E-state index contributed by atoms with van der Waals surface area (Å²) in [5, 5.41) is 9.65. The predicted octanol–water partition coefficient (Wildman–Crippen LogP) is 4.24. The standard InChI is InChI=1S/C15H13ClN4S/c16-11-7-5-10(6-8-11)13-9-20-15(18-13)21-14(19-20)17-12-3-1-2-4-12/h1-2,5-9,12H,3-4H2,(H,17,19). The van der Waals surface area contributed by atoms with Crippen LogP contribution in [0.4, 0.5) is 5.13 Å². The lowest BCUT2D eigenvalue weighted by Crippen LogP contribution is -2.14. The van der Waals surface area contributed by atoms with Gasteiger partial charge in [0.1, 0.15) is 0 Å². The molecule has 0 spiro atoms. The van der Waals surface area contributed by atoms with E-state index < -0.39 is 0 Å². The number of halogens is 1. The van der Waals surface area contributed by atoms with Gasteiger partial charge in [-0.3, -0.25) is 0 Å². The van der Waals surface area contributed by atoms with Crippen LogP contribution in [0.25, 0.3) is 16.2 Å². The zero-order valence-electron chi connectivity index (χ0n) is 11.2. The van der Waals surface area contributed by atoms with Crippen molar-refractivity contribution in [3.05, 3.63) is 47.6 Å². The molecule has 1 aliphatic carbocycles. The van der Waals surface area contributed by atoms with Crippen LogP contribution in [0.3, 0.4) is 0 Å². The number of hydrogen-bond donors (Lipinski definition) is 1. The smallest absolute Gasteiger partial charge is 0.214 e. The Hall–Kier alpha value is -1.85. The first-order chi connectivity index (χ1) is 10.3. The summed E-state index contributed by atoms with van der Waals surface area (Å²) in [5.74, 6) is 0. The Balaban J connectivity index is 1.59. The third-order valence-electron chi connectivity index (χ3n) is 3.52. The molecule has 0 atom stereocenters. The minimum absolute atomic E-state index is 0.469. The van der Waals surface area contributed by atoms with Crippen molar-refractivity contribution in [2.24, 2.45) is 0 Å². The van der Waals surface area contributed by atoms with E-state index in [1.54, 1.807) is 11.3 Å². The van der Waals surface area contributed by atoms with Gasteiger partial charge in [0.2, 0.25) is 10.1 Å². The number of fused-ring (bicyclic) bond motifs is 1. The highest BCUT2D eigenvalue weighted by Crippen LogP contribution is 2.26. The summed E-state index contributed by atoms with van der Waals surface area (Å²) in [6, 6.07) is 8.16. The Morgan fingerprint density at radius 2 is 1.95 bits per heavy atom. The van der Waals surface area contributed by atoms with Gasteiger partial charge in [0.05, 0.1) is 11.9 Å². The average Bonchev–Trinajstić information content (AvgIpc) is 3.16. The van der Waals surface area contributed by atoms with Crippen molar-refractivity contribution in [2.45, 2.75) is 18.9 Å². The van der Waals surface area contributed by atoms with Crippen LogP contribution in [0.2, 0.25) is 5.02 Å². The van der Waals surface area contributed by atoms with E-state index in [1.807, 2.05) is 35.0 Å². The van der Waals surface area contributed by atoms with Crippen LogP contribution in [0, 0.1) is 0 Å². The number of nitrogens with one attached hydrogen (secondary N) is 1. The second-order valence-corrected chi connectivity index (χ2v) is 6.44. The lowest BCUT2D eigenvalue weighted by Gasteiger charge is -2.08. The first kappa shape index (κ1) is 12.9. The van der Waals surface area contributed by atoms with Crippen LogP contribution in [0.1, 0.15) is 12.8 Å². The number of benzene rings is 1. The molecule has 2 aromatic heterocycles. The summed E-state index contributed by atoms with van der Waals surface area (Å²) in [6.45, 7) is 0. The second-order valence-electron chi connectivity index (χ2n) is 5.05. The first-order valence-electron chi connectivity index (χ1n) is 6.81. The molecule has 2 heterocycles. The third kappa shape index (κ3) is 2.54. The molecule has 106 valence electrons. The SMILES string of the molecule is Clc1ccc(-c2cn3nc(NC4CC=CC4)sc3n2)cc1. The van der Waals surface area contributed by atoms with Gasteiger partial charge in [0.25, 0.3) is 0 Å².